The van der Waals surface area contributed by atoms with Gasteiger partial charge in [0, 0.05) is 13.1 Å². The summed E-state index contributed by atoms with van der Waals surface area (Å²) < 4.78 is 25.6. The Balaban J connectivity index is 1.94. The first-order valence-electron chi connectivity index (χ1n) is 5.76. The molecule has 0 atom stereocenters. The Hall–Kier alpha value is -0.130. The highest BCUT2D eigenvalue weighted by Crippen LogP contribution is 2.31. The van der Waals surface area contributed by atoms with Crippen LogP contribution in [0.5, 0.6) is 0 Å². The van der Waals surface area contributed by atoms with E-state index in [0.717, 1.165) is 38.8 Å². The third-order valence-corrected chi connectivity index (χ3v) is 5.47. The van der Waals surface area contributed by atoms with Crippen LogP contribution >= 0.6 is 0 Å². The molecular formula is C10H20N2O2S. The molecule has 5 heteroatoms. The molecule has 1 saturated carbocycles. The van der Waals surface area contributed by atoms with Gasteiger partial charge in [-0.1, -0.05) is 0 Å². The van der Waals surface area contributed by atoms with Crippen LogP contribution in [-0.4, -0.2) is 44.7 Å². The van der Waals surface area contributed by atoms with E-state index in [4.69, 9.17) is 0 Å². The van der Waals surface area contributed by atoms with Gasteiger partial charge in [0.25, 0.3) is 0 Å². The van der Waals surface area contributed by atoms with Crippen LogP contribution < -0.4 is 5.32 Å². The number of hydrogen-bond acceptors (Lipinski definition) is 3. The monoisotopic (exact) mass is 232 g/mol. The van der Waals surface area contributed by atoms with Gasteiger partial charge in [-0.2, -0.15) is 0 Å². The summed E-state index contributed by atoms with van der Waals surface area (Å²) in [7, 11) is -1.25. The average molecular weight is 232 g/mol. The molecule has 0 unspecified atom stereocenters. The highest BCUT2D eigenvalue weighted by atomic mass is 32.2. The average Bonchev–Trinajstić information content (AvgIpc) is 3.01. The fraction of sp³-hybridized carbons (Fsp3) is 1.00. The standard InChI is InChI=1S/C10H20N2O2S/c1-12(10-4-6-11-7-5-10)15(13,14)8-9-2-3-9/h9-11H,2-8H2,1H3. The molecule has 0 aromatic heterocycles. The molecule has 1 heterocycles. The largest absolute Gasteiger partial charge is 0.317 e. The van der Waals surface area contributed by atoms with Crippen LogP contribution in [0.4, 0.5) is 0 Å². The van der Waals surface area contributed by atoms with E-state index < -0.39 is 10.0 Å². The van der Waals surface area contributed by atoms with E-state index in [0.29, 0.717) is 11.7 Å². The van der Waals surface area contributed by atoms with Crippen molar-refractivity contribution in [3.8, 4) is 0 Å². The van der Waals surface area contributed by atoms with Gasteiger partial charge in [-0.15, -0.1) is 0 Å². The van der Waals surface area contributed by atoms with E-state index in [2.05, 4.69) is 5.32 Å². The lowest BCUT2D eigenvalue weighted by atomic mass is 10.1. The summed E-state index contributed by atoms with van der Waals surface area (Å²) in [6.07, 6.45) is 4.08. The molecule has 0 bridgehead atoms. The fourth-order valence-electron chi connectivity index (χ4n) is 2.10. The zero-order valence-electron chi connectivity index (χ0n) is 9.28. The van der Waals surface area contributed by atoms with Gasteiger partial charge >= 0.3 is 0 Å². The summed E-state index contributed by atoms with van der Waals surface area (Å²) in [5.41, 5.74) is 0. The summed E-state index contributed by atoms with van der Waals surface area (Å²) in [6.45, 7) is 1.88. The summed E-state index contributed by atoms with van der Waals surface area (Å²) in [4.78, 5) is 0. The lowest BCUT2D eigenvalue weighted by Crippen LogP contribution is -2.44. The van der Waals surface area contributed by atoms with Crippen molar-refractivity contribution in [1.82, 2.24) is 9.62 Å². The second-order valence-corrected chi connectivity index (χ2v) is 6.79. The molecule has 0 spiro atoms. The molecule has 4 nitrogen and oxygen atoms in total. The number of sulfonamides is 1. The van der Waals surface area contributed by atoms with Crippen molar-refractivity contribution in [2.24, 2.45) is 5.92 Å². The lowest BCUT2D eigenvalue weighted by molar-refractivity contribution is 0.296. The number of nitrogens with one attached hydrogen (secondary N) is 1. The van der Waals surface area contributed by atoms with E-state index in [1.165, 1.54) is 0 Å². The van der Waals surface area contributed by atoms with Crippen LogP contribution in [0, 0.1) is 5.92 Å². The van der Waals surface area contributed by atoms with E-state index in [1.54, 1.807) is 11.4 Å². The van der Waals surface area contributed by atoms with E-state index in [-0.39, 0.29) is 6.04 Å². The van der Waals surface area contributed by atoms with Crippen molar-refractivity contribution in [2.45, 2.75) is 31.7 Å². The second-order valence-electron chi connectivity index (χ2n) is 4.72. The minimum Gasteiger partial charge on any atom is -0.317 e. The molecule has 0 aromatic carbocycles. The van der Waals surface area contributed by atoms with Gasteiger partial charge < -0.3 is 5.32 Å². The van der Waals surface area contributed by atoms with Crippen molar-refractivity contribution in [2.75, 3.05) is 25.9 Å². The fourth-order valence-corrected chi connectivity index (χ4v) is 3.93. The van der Waals surface area contributed by atoms with Crippen LogP contribution in [0.15, 0.2) is 0 Å². The molecule has 88 valence electrons. The molecule has 2 fully saturated rings. The van der Waals surface area contributed by atoms with Crippen molar-refractivity contribution in [3.63, 3.8) is 0 Å². The first-order valence-corrected chi connectivity index (χ1v) is 7.37. The number of rotatable bonds is 4. The molecule has 0 amide bonds. The van der Waals surface area contributed by atoms with Crippen molar-refractivity contribution < 1.29 is 8.42 Å². The summed E-state index contributed by atoms with van der Waals surface area (Å²) in [5, 5.41) is 3.25. The maximum absolute atomic E-state index is 12.0. The van der Waals surface area contributed by atoms with Crippen molar-refractivity contribution >= 4 is 10.0 Å². The van der Waals surface area contributed by atoms with Gasteiger partial charge in [0.15, 0.2) is 0 Å². The summed E-state index contributed by atoms with van der Waals surface area (Å²) >= 11 is 0. The topological polar surface area (TPSA) is 49.4 Å². The summed E-state index contributed by atoms with van der Waals surface area (Å²) in [5.74, 6) is 0.812. The molecule has 1 N–H and O–H groups in total. The molecular weight excluding hydrogens is 212 g/mol. The second kappa shape index (κ2) is 4.39. The first-order chi connectivity index (χ1) is 7.09. The Labute approximate surface area is 92.1 Å². The molecule has 0 radical (unpaired) electrons. The molecule has 2 aliphatic rings. The normalized spacial score (nSPS) is 24.7. The number of nitrogens with zero attached hydrogens (tertiary/aromatic N) is 1. The van der Waals surface area contributed by atoms with Crippen LogP contribution in [0.3, 0.4) is 0 Å². The number of piperidine rings is 1. The van der Waals surface area contributed by atoms with Crippen LogP contribution in [-0.2, 0) is 10.0 Å². The molecule has 2 rings (SSSR count). The Morgan fingerprint density at radius 3 is 2.33 bits per heavy atom. The zero-order chi connectivity index (χ0) is 10.9. The van der Waals surface area contributed by atoms with Crippen molar-refractivity contribution in [3.05, 3.63) is 0 Å². The highest BCUT2D eigenvalue weighted by molar-refractivity contribution is 7.89. The van der Waals surface area contributed by atoms with Gasteiger partial charge in [-0.25, -0.2) is 12.7 Å². The smallest absolute Gasteiger partial charge is 0.214 e. The lowest BCUT2D eigenvalue weighted by Gasteiger charge is -2.30. The van der Waals surface area contributed by atoms with Gasteiger partial charge in [-0.3, -0.25) is 0 Å². The van der Waals surface area contributed by atoms with Crippen LogP contribution in [0.1, 0.15) is 25.7 Å². The SMILES string of the molecule is CN(C1CCNCC1)S(=O)(=O)CC1CC1. The summed E-state index contributed by atoms with van der Waals surface area (Å²) in [6, 6.07) is 0.218. The maximum Gasteiger partial charge on any atom is 0.214 e. The van der Waals surface area contributed by atoms with Crippen molar-refractivity contribution in [1.29, 1.82) is 0 Å². The van der Waals surface area contributed by atoms with Gasteiger partial charge in [0.05, 0.1) is 5.75 Å². The van der Waals surface area contributed by atoms with Crippen LogP contribution in [0.2, 0.25) is 0 Å². The van der Waals surface area contributed by atoms with Gasteiger partial charge in [-0.05, 0) is 44.7 Å². The first kappa shape index (κ1) is 11.4. The molecule has 15 heavy (non-hydrogen) atoms. The van der Waals surface area contributed by atoms with E-state index in [1.807, 2.05) is 0 Å². The number of hydrogen-bond donors (Lipinski definition) is 1. The zero-order valence-corrected chi connectivity index (χ0v) is 10.1. The molecule has 1 aliphatic carbocycles. The minimum atomic E-state index is -2.99. The molecule has 0 aromatic rings. The quantitative estimate of drug-likeness (QED) is 0.764. The Bertz CT molecular complexity index is 305. The molecule has 1 saturated heterocycles. The molecule has 1 aliphatic heterocycles. The predicted octanol–water partition coefficient (Wildman–Crippen LogP) is 0.410. The van der Waals surface area contributed by atoms with E-state index in [9.17, 15) is 8.42 Å². The van der Waals surface area contributed by atoms with Gasteiger partial charge in [0.1, 0.15) is 0 Å². The Morgan fingerprint density at radius 2 is 1.80 bits per heavy atom. The third kappa shape index (κ3) is 2.92. The Morgan fingerprint density at radius 1 is 1.20 bits per heavy atom. The Kier molecular flexibility index (Phi) is 3.33. The highest BCUT2D eigenvalue weighted by Gasteiger charge is 2.33. The minimum absolute atomic E-state index is 0.218. The maximum atomic E-state index is 12.0. The predicted molar refractivity (Wildman–Crippen MR) is 60.2 cm³/mol. The third-order valence-electron chi connectivity index (χ3n) is 3.40. The van der Waals surface area contributed by atoms with E-state index >= 15 is 0 Å². The van der Waals surface area contributed by atoms with Gasteiger partial charge in [0.2, 0.25) is 10.0 Å². The van der Waals surface area contributed by atoms with Crippen LogP contribution in [0.25, 0.3) is 0 Å².